The Morgan fingerprint density at radius 2 is 1.32 bits per heavy atom. The van der Waals surface area contributed by atoms with Gasteiger partial charge in [0.1, 0.15) is 11.5 Å². The van der Waals surface area contributed by atoms with E-state index in [4.69, 9.17) is 14.6 Å². The van der Waals surface area contributed by atoms with Gasteiger partial charge in [-0.1, -0.05) is 24.3 Å². The van der Waals surface area contributed by atoms with Crippen molar-refractivity contribution in [2.45, 2.75) is 17.9 Å². The second-order valence-corrected chi connectivity index (χ2v) is 7.83. The highest BCUT2D eigenvalue weighted by atomic mass is 32.2. The number of primary sulfonamides is 1. The topological polar surface area (TPSA) is 91.5 Å². The van der Waals surface area contributed by atoms with Crippen molar-refractivity contribution in [1.29, 1.82) is 0 Å². The number of aromatic nitrogens is 1. The molecule has 0 aliphatic carbocycles. The van der Waals surface area contributed by atoms with E-state index in [1.807, 2.05) is 54.6 Å². The molecular weight excluding hydrogens is 376 g/mol. The highest BCUT2D eigenvalue weighted by Gasteiger charge is 2.19. The van der Waals surface area contributed by atoms with Gasteiger partial charge in [0.25, 0.3) is 10.0 Å². The van der Waals surface area contributed by atoms with Crippen molar-refractivity contribution < 1.29 is 17.9 Å². The number of rotatable bonds is 7. The summed E-state index contributed by atoms with van der Waals surface area (Å²) in [4.78, 5) is 4.05. The largest absolute Gasteiger partial charge is 0.497 e. The molecule has 1 aromatic heterocycles. The molecule has 0 saturated carbocycles. The third-order valence-corrected chi connectivity index (χ3v) is 5.37. The van der Waals surface area contributed by atoms with Crippen LogP contribution in [0.2, 0.25) is 0 Å². The summed E-state index contributed by atoms with van der Waals surface area (Å²) in [6.45, 7) is 0. The third-order valence-electron chi connectivity index (χ3n) is 4.48. The Morgan fingerprint density at radius 1 is 0.821 bits per heavy atom. The van der Waals surface area contributed by atoms with Crippen LogP contribution >= 0.6 is 0 Å². The summed E-state index contributed by atoms with van der Waals surface area (Å²) >= 11 is 0. The van der Waals surface area contributed by atoms with Crippen LogP contribution in [0.3, 0.4) is 0 Å². The van der Waals surface area contributed by atoms with Gasteiger partial charge in [-0.3, -0.25) is 0 Å². The van der Waals surface area contributed by atoms with Gasteiger partial charge in [0.2, 0.25) is 0 Å². The van der Waals surface area contributed by atoms with Crippen LogP contribution in [0.5, 0.6) is 11.5 Å². The lowest BCUT2D eigenvalue weighted by molar-refractivity contribution is 0.414. The minimum Gasteiger partial charge on any atom is -0.497 e. The van der Waals surface area contributed by atoms with Gasteiger partial charge in [-0.25, -0.2) is 18.5 Å². The third kappa shape index (κ3) is 4.68. The molecule has 0 saturated heterocycles. The number of hydrogen-bond acceptors (Lipinski definition) is 5. The number of benzene rings is 2. The monoisotopic (exact) mass is 398 g/mol. The SMILES string of the molecule is COc1ccc(Cc2ccnc(S(N)(=O)=O)c2Cc2ccc(OC)cc2)cc1. The van der Waals surface area contributed by atoms with Gasteiger partial charge in [-0.05, 0) is 59.0 Å². The minimum atomic E-state index is -3.95. The molecule has 0 fully saturated rings. The van der Waals surface area contributed by atoms with E-state index in [1.165, 1.54) is 6.20 Å². The highest BCUT2D eigenvalue weighted by Crippen LogP contribution is 2.24. The van der Waals surface area contributed by atoms with Crippen molar-refractivity contribution in [2.24, 2.45) is 5.14 Å². The minimum absolute atomic E-state index is 0.0886. The lowest BCUT2D eigenvalue weighted by Crippen LogP contribution is -2.18. The van der Waals surface area contributed by atoms with E-state index in [1.54, 1.807) is 14.2 Å². The molecule has 0 atom stereocenters. The lowest BCUT2D eigenvalue weighted by Gasteiger charge is -2.14. The van der Waals surface area contributed by atoms with Gasteiger partial charge in [0.15, 0.2) is 5.03 Å². The Hall–Kier alpha value is -2.90. The summed E-state index contributed by atoms with van der Waals surface area (Å²) in [5.74, 6) is 1.50. The van der Waals surface area contributed by atoms with Crippen LogP contribution in [-0.4, -0.2) is 27.6 Å². The fraction of sp³-hybridized carbons (Fsp3) is 0.190. The van der Waals surface area contributed by atoms with Crippen molar-refractivity contribution in [3.05, 3.63) is 83.0 Å². The zero-order valence-corrected chi connectivity index (χ0v) is 16.6. The first-order valence-corrected chi connectivity index (χ1v) is 10.2. The molecule has 28 heavy (non-hydrogen) atoms. The van der Waals surface area contributed by atoms with Crippen LogP contribution < -0.4 is 14.6 Å². The Balaban J connectivity index is 2.00. The van der Waals surface area contributed by atoms with E-state index in [0.29, 0.717) is 18.4 Å². The quantitative estimate of drug-likeness (QED) is 0.661. The summed E-state index contributed by atoms with van der Waals surface area (Å²) < 4.78 is 34.6. The molecular formula is C21H22N2O4S. The number of nitrogens with zero attached hydrogens (tertiary/aromatic N) is 1. The second kappa shape index (κ2) is 8.41. The second-order valence-electron chi connectivity index (χ2n) is 6.35. The van der Waals surface area contributed by atoms with Crippen LogP contribution in [0, 0.1) is 0 Å². The molecule has 3 rings (SSSR count). The average molecular weight is 398 g/mol. The zero-order chi connectivity index (χ0) is 20.1. The molecule has 0 radical (unpaired) electrons. The molecule has 0 unspecified atom stereocenters. The van der Waals surface area contributed by atoms with E-state index in [2.05, 4.69) is 4.98 Å². The number of sulfonamides is 1. The van der Waals surface area contributed by atoms with E-state index < -0.39 is 10.0 Å². The van der Waals surface area contributed by atoms with Crippen LogP contribution in [0.1, 0.15) is 22.3 Å². The van der Waals surface area contributed by atoms with E-state index in [9.17, 15) is 8.42 Å². The molecule has 3 aromatic rings. The van der Waals surface area contributed by atoms with Crippen molar-refractivity contribution in [3.8, 4) is 11.5 Å². The fourth-order valence-electron chi connectivity index (χ4n) is 3.02. The smallest absolute Gasteiger partial charge is 0.255 e. The van der Waals surface area contributed by atoms with Gasteiger partial charge in [-0.15, -0.1) is 0 Å². The average Bonchev–Trinajstić information content (AvgIpc) is 2.69. The molecule has 2 N–H and O–H groups in total. The summed E-state index contributed by atoms with van der Waals surface area (Å²) in [5.41, 5.74) is 3.43. The van der Waals surface area contributed by atoms with Crippen LogP contribution in [0.4, 0.5) is 0 Å². The van der Waals surface area contributed by atoms with Gasteiger partial charge in [0.05, 0.1) is 14.2 Å². The first kappa shape index (κ1) is 19.9. The van der Waals surface area contributed by atoms with Crippen LogP contribution in [0.25, 0.3) is 0 Å². The van der Waals surface area contributed by atoms with E-state index >= 15 is 0 Å². The number of nitrogens with two attached hydrogens (primary N) is 1. The number of pyridine rings is 1. The van der Waals surface area contributed by atoms with Crippen molar-refractivity contribution in [2.75, 3.05) is 14.2 Å². The highest BCUT2D eigenvalue weighted by molar-refractivity contribution is 7.89. The van der Waals surface area contributed by atoms with Gasteiger partial charge < -0.3 is 9.47 Å². The predicted octanol–water partition coefficient (Wildman–Crippen LogP) is 2.93. The van der Waals surface area contributed by atoms with E-state index in [0.717, 1.165) is 28.2 Å². The molecule has 0 spiro atoms. The predicted molar refractivity (Wildman–Crippen MR) is 107 cm³/mol. The Morgan fingerprint density at radius 3 is 1.79 bits per heavy atom. The van der Waals surface area contributed by atoms with Crippen molar-refractivity contribution >= 4 is 10.0 Å². The molecule has 7 heteroatoms. The van der Waals surface area contributed by atoms with Crippen molar-refractivity contribution in [3.63, 3.8) is 0 Å². The molecule has 146 valence electrons. The van der Waals surface area contributed by atoms with Gasteiger partial charge in [-0.2, -0.15) is 0 Å². The Labute approximate surface area is 165 Å². The number of methoxy groups -OCH3 is 2. The van der Waals surface area contributed by atoms with Gasteiger partial charge >= 0.3 is 0 Å². The van der Waals surface area contributed by atoms with E-state index in [-0.39, 0.29) is 5.03 Å². The molecule has 1 heterocycles. The summed E-state index contributed by atoms with van der Waals surface area (Å²) in [5, 5.41) is 5.34. The molecule has 2 aromatic carbocycles. The summed E-state index contributed by atoms with van der Waals surface area (Å²) in [6, 6.07) is 17.0. The van der Waals surface area contributed by atoms with Crippen LogP contribution in [0.15, 0.2) is 65.8 Å². The maximum Gasteiger partial charge on any atom is 0.255 e. The van der Waals surface area contributed by atoms with Gasteiger partial charge in [0, 0.05) is 12.6 Å². The summed E-state index contributed by atoms with van der Waals surface area (Å²) in [7, 11) is -0.734. The molecule has 0 aliphatic heterocycles. The number of ether oxygens (including phenoxy) is 2. The van der Waals surface area contributed by atoms with Crippen molar-refractivity contribution in [1.82, 2.24) is 4.98 Å². The fourth-order valence-corrected chi connectivity index (χ4v) is 3.78. The summed E-state index contributed by atoms with van der Waals surface area (Å²) in [6.07, 6.45) is 2.44. The maximum atomic E-state index is 12.1. The first-order chi connectivity index (χ1) is 13.4. The normalized spacial score (nSPS) is 11.2. The molecule has 0 bridgehead atoms. The molecule has 6 nitrogen and oxygen atoms in total. The molecule has 0 amide bonds. The lowest BCUT2D eigenvalue weighted by atomic mass is 9.97. The Kier molecular flexibility index (Phi) is 5.96. The molecule has 0 aliphatic rings. The Bertz CT molecular complexity index is 1050. The number of hydrogen-bond donors (Lipinski definition) is 1. The zero-order valence-electron chi connectivity index (χ0n) is 15.8. The first-order valence-electron chi connectivity index (χ1n) is 8.66. The van der Waals surface area contributed by atoms with Crippen LogP contribution in [-0.2, 0) is 22.9 Å². The standard InChI is InChI=1S/C21H22N2O4S/c1-26-18-7-3-15(4-8-18)13-17-11-12-23-21(28(22,24)25)20(17)14-16-5-9-19(27-2)10-6-16/h3-12H,13-14H2,1-2H3,(H2,22,24,25). The maximum absolute atomic E-state index is 12.1.